The Morgan fingerprint density at radius 2 is 2.09 bits per heavy atom. The Labute approximate surface area is 66.2 Å². The summed E-state index contributed by atoms with van der Waals surface area (Å²) in [5.41, 5.74) is -1.26. The summed E-state index contributed by atoms with van der Waals surface area (Å²) in [6, 6.07) is 0. The molecule has 2 radical (unpaired) electrons. The summed E-state index contributed by atoms with van der Waals surface area (Å²) < 4.78 is 4.95. The highest BCUT2D eigenvalue weighted by Crippen LogP contribution is 2.27. The lowest BCUT2D eigenvalue weighted by molar-refractivity contribution is -0.0333. The smallest absolute Gasteiger partial charge is 0.117 e. The van der Waals surface area contributed by atoms with E-state index >= 15 is 0 Å². The van der Waals surface area contributed by atoms with E-state index in [4.69, 9.17) is 17.7 Å². The molecule has 3 N–H and O–H groups in total. The fourth-order valence-electron chi connectivity index (χ4n) is 1.15. The van der Waals surface area contributed by atoms with Crippen LogP contribution in [0.25, 0.3) is 0 Å². The average Bonchev–Trinajstić information content (AvgIpc) is 2.13. The predicted octanol–water partition coefficient (Wildman–Crippen LogP) is -2.02. The minimum Gasteiger partial charge on any atom is -0.394 e. The number of aliphatic hydroxyl groups excluding tert-OH is 3. The maximum absolute atomic E-state index is 9.22. The summed E-state index contributed by atoms with van der Waals surface area (Å²) in [6.45, 7) is 1.11. The van der Waals surface area contributed by atoms with Crippen molar-refractivity contribution in [2.75, 3.05) is 6.61 Å². The molecule has 0 aliphatic carbocycles. The van der Waals surface area contributed by atoms with Crippen LogP contribution in [-0.2, 0) is 4.74 Å². The highest BCUT2D eigenvalue weighted by Gasteiger charge is 2.46. The van der Waals surface area contributed by atoms with Crippen LogP contribution in [-0.4, -0.2) is 53.6 Å². The molecule has 11 heavy (non-hydrogen) atoms. The Morgan fingerprint density at radius 1 is 1.55 bits per heavy atom. The molecular weight excluding hydrogens is 147 g/mol. The van der Waals surface area contributed by atoms with Crippen molar-refractivity contribution < 1.29 is 20.1 Å². The van der Waals surface area contributed by atoms with Crippen molar-refractivity contribution in [1.82, 2.24) is 0 Å². The van der Waals surface area contributed by atoms with Crippen LogP contribution in [0.5, 0.6) is 0 Å². The van der Waals surface area contributed by atoms with Gasteiger partial charge in [0.2, 0.25) is 0 Å². The van der Waals surface area contributed by atoms with Crippen molar-refractivity contribution in [2.45, 2.75) is 30.7 Å². The zero-order valence-corrected chi connectivity index (χ0v) is 6.27. The van der Waals surface area contributed by atoms with Crippen LogP contribution in [0.15, 0.2) is 0 Å². The quantitative estimate of drug-likeness (QED) is 0.385. The normalized spacial score (nSPS) is 51.5. The molecule has 0 aromatic heterocycles. The topological polar surface area (TPSA) is 69.9 Å². The van der Waals surface area contributed by atoms with Crippen molar-refractivity contribution in [3.8, 4) is 0 Å². The number of rotatable bonds is 1. The zero-order chi connectivity index (χ0) is 8.65. The first-order chi connectivity index (χ1) is 4.99. The largest absolute Gasteiger partial charge is 0.394 e. The van der Waals surface area contributed by atoms with E-state index < -0.39 is 23.8 Å². The molecule has 4 nitrogen and oxygen atoms in total. The molecule has 0 saturated carbocycles. The predicted molar refractivity (Wildman–Crippen MR) is 38.1 cm³/mol. The van der Waals surface area contributed by atoms with Gasteiger partial charge < -0.3 is 20.1 Å². The molecular formula is C6H11BO4. The van der Waals surface area contributed by atoms with Gasteiger partial charge in [-0.25, -0.2) is 0 Å². The first-order valence-corrected chi connectivity index (χ1v) is 3.42. The Kier molecular flexibility index (Phi) is 2.25. The maximum atomic E-state index is 9.22. The Balaban J connectivity index is 2.69. The summed E-state index contributed by atoms with van der Waals surface area (Å²) in [5, 5.41) is 27.0. The van der Waals surface area contributed by atoms with Crippen molar-refractivity contribution in [2.24, 2.45) is 0 Å². The molecule has 1 saturated heterocycles. The Bertz CT molecular complexity index is 150. The van der Waals surface area contributed by atoms with E-state index in [0.29, 0.717) is 0 Å². The van der Waals surface area contributed by atoms with Gasteiger partial charge in [0.15, 0.2) is 0 Å². The highest BCUT2D eigenvalue weighted by atomic mass is 16.6. The molecule has 0 bridgehead atoms. The van der Waals surface area contributed by atoms with Gasteiger partial charge in [-0.3, -0.25) is 0 Å². The van der Waals surface area contributed by atoms with Gasteiger partial charge in [-0.2, -0.15) is 0 Å². The molecule has 1 aliphatic heterocycles. The van der Waals surface area contributed by atoms with E-state index in [0.717, 1.165) is 0 Å². The molecule has 1 aliphatic rings. The third kappa shape index (κ3) is 1.42. The maximum Gasteiger partial charge on any atom is 0.117 e. The number of ether oxygens (including phenoxy) is 1. The van der Waals surface area contributed by atoms with Crippen LogP contribution < -0.4 is 0 Å². The lowest BCUT2D eigenvalue weighted by atomic mass is 9.78. The first kappa shape index (κ1) is 9.00. The lowest BCUT2D eigenvalue weighted by Gasteiger charge is -2.22. The molecule has 0 amide bonds. The van der Waals surface area contributed by atoms with Gasteiger partial charge in [0.05, 0.1) is 12.1 Å². The van der Waals surface area contributed by atoms with Gasteiger partial charge in [0.1, 0.15) is 26.2 Å². The Morgan fingerprint density at radius 3 is 2.27 bits per heavy atom. The minimum atomic E-state index is -1.26. The summed E-state index contributed by atoms with van der Waals surface area (Å²) in [6.07, 6.45) is -3.02. The number of hydrogen-bond donors (Lipinski definition) is 3. The van der Waals surface area contributed by atoms with Gasteiger partial charge in [0, 0.05) is 0 Å². The monoisotopic (exact) mass is 158 g/mol. The zero-order valence-electron chi connectivity index (χ0n) is 6.27. The average molecular weight is 158 g/mol. The van der Waals surface area contributed by atoms with Crippen LogP contribution in [0, 0.1) is 0 Å². The summed E-state index contributed by atoms with van der Waals surface area (Å²) >= 11 is 0. The van der Waals surface area contributed by atoms with Gasteiger partial charge in [-0.05, 0) is 6.92 Å². The van der Waals surface area contributed by atoms with Gasteiger partial charge in [-0.1, -0.05) is 0 Å². The number of hydrogen-bond acceptors (Lipinski definition) is 4. The summed E-state index contributed by atoms with van der Waals surface area (Å²) in [5.74, 6) is 0. The molecule has 0 spiro atoms. The molecule has 4 unspecified atom stereocenters. The van der Waals surface area contributed by atoms with Crippen molar-refractivity contribution in [3.05, 3.63) is 0 Å². The van der Waals surface area contributed by atoms with Gasteiger partial charge in [0.25, 0.3) is 0 Å². The molecule has 0 aromatic rings. The fraction of sp³-hybridized carbons (Fsp3) is 1.00. The van der Waals surface area contributed by atoms with Crippen LogP contribution in [0.3, 0.4) is 0 Å². The standard InChI is InChI=1S/C6H11BO4/c1-6(7)5(10)4(9)3(2-8)11-6/h3-5,8-10H,2H2,1H3. The SMILES string of the molecule is [B]C1(C)OC(CO)C(O)C1O. The van der Waals surface area contributed by atoms with Crippen molar-refractivity contribution in [1.29, 1.82) is 0 Å². The summed E-state index contributed by atoms with van der Waals surface area (Å²) in [7, 11) is 5.43. The molecule has 5 heteroatoms. The van der Waals surface area contributed by atoms with Crippen LogP contribution in [0.2, 0.25) is 0 Å². The highest BCUT2D eigenvalue weighted by molar-refractivity contribution is 6.15. The Hall–Kier alpha value is -0.0951. The molecule has 62 valence electrons. The van der Waals surface area contributed by atoms with E-state index in [-0.39, 0.29) is 6.61 Å². The molecule has 1 fully saturated rings. The van der Waals surface area contributed by atoms with E-state index in [1.54, 1.807) is 0 Å². The number of aliphatic hydroxyl groups is 3. The van der Waals surface area contributed by atoms with Crippen LogP contribution in [0.1, 0.15) is 6.92 Å². The lowest BCUT2D eigenvalue weighted by Crippen LogP contribution is -2.40. The second-order valence-electron chi connectivity index (χ2n) is 2.96. The third-order valence-corrected chi connectivity index (χ3v) is 1.88. The fourth-order valence-corrected chi connectivity index (χ4v) is 1.15. The molecule has 0 aromatic carbocycles. The molecule has 4 atom stereocenters. The molecule has 1 heterocycles. The van der Waals surface area contributed by atoms with E-state index in [9.17, 15) is 10.2 Å². The van der Waals surface area contributed by atoms with Gasteiger partial charge >= 0.3 is 0 Å². The molecule has 1 rings (SSSR count). The summed E-state index contributed by atoms with van der Waals surface area (Å²) in [4.78, 5) is 0. The van der Waals surface area contributed by atoms with Crippen molar-refractivity contribution >= 4 is 7.85 Å². The van der Waals surface area contributed by atoms with Crippen LogP contribution >= 0.6 is 0 Å². The van der Waals surface area contributed by atoms with E-state index in [1.165, 1.54) is 6.92 Å². The van der Waals surface area contributed by atoms with E-state index in [1.807, 2.05) is 0 Å². The van der Waals surface area contributed by atoms with E-state index in [2.05, 4.69) is 0 Å². The van der Waals surface area contributed by atoms with Crippen LogP contribution in [0.4, 0.5) is 0 Å². The third-order valence-electron chi connectivity index (χ3n) is 1.88. The second-order valence-corrected chi connectivity index (χ2v) is 2.96. The minimum absolute atomic E-state index is 0.342. The first-order valence-electron chi connectivity index (χ1n) is 3.42. The van der Waals surface area contributed by atoms with Gasteiger partial charge in [-0.15, -0.1) is 0 Å². The second kappa shape index (κ2) is 2.75. The van der Waals surface area contributed by atoms with Crippen molar-refractivity contribution in [3.63, 3.8) is 0 Å².